The second-order valence-corrected chi connectivity index (χ2v) is 15.1. The van der Waals surface area contributed by atoms with Crippen LogP contribution in [0.2, 0.25) is 0 Å². The Bertz CT molecular complexity index is 825. The first kappa shape index (κ1) is 24.3. The highest BCUT2D eigenvalue weighted by molar-refractivity contribution is 5.85. The molecule has 0 amide bonds. The first-order valence-electron chi connectivity index (χ1n) is 14.0. The topological polar surface area (TPSA) is 46.5 Å². The number of carbonyl (C=O) groups is 1. The van der Waals surface area contributed by atoms with E-state index in [1.807, 2.05) is 13.8 Å². The molecular formula is C30H50O3. The van der Waals surface area contributed by atoms with Crippen molar-refractivity contribution in [3.63, 3.8) is 0 Å². The first-order valence-corrected chi connectivity index (χ1v) is 14.0. The van der Waals surface area contributed by atoms with Gasteiger partial charge in [-0.15, -0.1) is 0 Å². The Kier molecular flexibility index (Phi) is 5.22. The van der Waals surface area contributed by atoms with Crippen molar-refractivity contribution >= 4 is 5.78 Å². The van der Waals surface area contributed by atoms with Crippen LogP contribution >= 0.6 is 0 Å². The van der Waals surface area contributed by atoms with Crippen molar-refractivity contribution in [3.05, 3.63) is 0 Å². The van der Waals surface area contributed by atoms with Crippen LogP contribution in [0.25, 0.3) is 0 Å². The van der Waals surface area contributed by atoms with Gasteiger partial charge in [-0.3, -0.25) is 4.79 Å². The summed E-state index contributed by atoms with van der Waals surface area (Å²) in [5.41, 5.74) is -0.0493. The maximum absolute atomic E-state index is 12.9. The van der Waals surface area contributed by atoms with Gasteiger partial charge >= 0.3 is 0 Å². The molecular weight excluding hydrogens is 408 g/mol. The Hall–Kier alpha value is -0.410. The molecule has 5 aliphatic rings. The maximum atomic E-state index is 12.9. The summed E-state index contributed by atoms with van der Waals surface area (Å²) in [6, 6.07) is 0. The predicted molar refractivity (Wildman–Crippen MR) is 133 cm³/mol. The highest BCUT2D eigenvalue weighted by atomic mass is 16.5. The van der Waals surface area contributed by atoms with Crippen molar-refractivity contribution in [2.75, 3.05) is 0 Å². The third kappa shape index (κ3) is 3.09. The van der Waals surface area contributed by atoms with Crippen molar-refractivity contribution < 1.29 is 14.6 Å². The van der Waals surface area contributed by atoms with Crippen LogP contribution in [0.3, 0.4) is 0 Å². The van der Waals surface area contributed by atoms with Gasteiger partial charge in [0.2, 0.25) is 0 Å². The van der Waals surface area contributed by atoms with Gasteiger partial charge < -0.3 is 9.84 Å². The smallest absolute Gasteiger partial charge is 0.138 e. The fourth-order valence-corrected chi connectivity index (χ4v) is 10.9. The predicted octanol–water partition coefficient (Wildman–Crippen LogP) is 6.95. The number of hydrogen-bond acceptors (Lipinski definition) is 3. The fraction of sp³-hybridized carbons (Fsp3) is 0.967. The summed E-state index contributed by atoms with van der Waals surface area (Å²) in [7, 11) is 0. The molecule has 188 valence electrons. The third-order valence-corrected chi connectivity index (χ3v) is 13.0. The zero-order valence-electron chi connectivity index (χ0n) is 22.7. The Morgan fingerprint density at radius 1 is 0.788 bits per heavy atom. The number of carbonyl (C=O) groups excluding carboxylic acids is 1. The molecule has 3 nitrogen and oxygen atoms in total. The van der Waals surface area contributed by atoms with E-state index in [0.29, 0.717) is 34.4 Å². The second kappa shape index (κ2) is 7.09. The van der Waals surface area contributed by atoms with E-state index >= 15 is 0 Å². The Labute approximate surface area is 202 Å². The number of Topliss-reactive ketones (excluding diaryl/α,β-unsaturated/α-hetero) is 1. The van der Waals surface area contributed by atoms with Gasteiger partial charge in [0.15, 0.2) is 0 Å². The number of aliphatic hydroxyl groups is 1. The molecule has 4 saturated carbocycles. The van der Waals surface area contributed by atoms with Crippen molar-refractivity contribution in [2.45, 2.75) is 137 Å². The molecule has 0 aromatic carbocycles. The van der Waals surface area contributed by atoms with E-state index in [-0.39, 0.29) is 22.5 Å². The van der Waals surface area contributed by atoms with Gasteiger partial charge in [-0.1, -0.05) is 34.6 Å². The number of ketones is 1. The molecule has 1 saturated heterocycles. The van der Waals surface area contributed by atoms with E-state index in [9.17, 15) is 9.90 Å². The quantitative estimate of drug-likeness (QED) is 0.487. The van der Waals surface area contributed by atoms with Crippen molar-refractivity contribution in [3.8, 4) is 0 Å². The van der Waals surface area contributed by atoms with E-state index in [4.69, 9.17) is 4.74 Å². The molecule has 0 spiro atoms. The lowest BCUT2D eigenvalue weighted by molar-refractivity contribution is -0.210. The first-order chi connectivity index (χ1) is 15.1. The summed E-state index contributed by atoms with van der Waals surface area (Å²) in [6.07, 6.45) is 11.6. The van der Waals surface area contributed by atoms with Gasteiger partial charge in [-0.25, -0.2) is 0 Å². The summed E-state index contributed by atoms with van der Waals surface area (Å²) in [5, 5.41) is 10.6. The lowest BCUT2D eigenvalue weighted by Gasteiger charge is -2.69. The van der Waals surface area contributed by atoms with Crippen LogP contribution in [0, 0.1) is 45.3 Å². The number of ether oxygens (including phenoxy) is 1. The molecule has 1 aliphatic heterocycles. The average molecular weight is 459 g/mol. The van der Waals surface area contributed by atoms with Crippen LogP contribution in [0.5, 0.6) is 0 Å². The summed E-state index contributed by atoms with van der Waals surface area (Å²) in [6.45, 7) is 18.5. The second-order valence-electron chi connectivity index (χ2n) is 15.1. The van der Waals surface area contributed by atoms with Gasteiger partial charge in [0.1, 0.15) is 5.78 Å². The third-order valence-electron chi connectivity index (χ3n) is 13.0. The summed E-state index contributed by atoms with van der Waals surface area (Å²) >= 11 is 0. The molecule has 0 unspecified atom stereocenters. The van der Waals surface area contributed by atoms with Crippen LogP contribution in [0.15, 0.2) is 0 Å². The van der Waals surface area contributed by atoms with E-state index in [1.54, 1.807) is 0 Å². The van der Waals surface area contributed by atoms with Crippen LogP contribution in [0.1, 0.15) is 120 Å². The minimum absolute atomic E-state index is 0.0439. The molecule has 1 heterocycles. The molecule has 4 aliphatic carbocycles. The Morgan fingerprint density at radius 2 is 1.45 bits per heavy atom. The van der Waals surface area contributed by atoms with Crippen LogP contribution < -0.4 is 0 Å². The molecule has 0 aromatic rings. The van der Waals surface area contributed by atoms with Crippen molar-refractivity contribution in [1.82, 2.24) is 0 Å². The van der Waals surface area contributed by atoms with Crippen molar-refractivity contribution in [1.29, 1.82) is 0 Å². The highest BCUT2D eigenvalue weighted by Crippen LogP contribution is 2.75. The lowest BCUT2D eigenvalue weighted by atomic mass is 9.35. The van der Waals surface area contributed by atoms with Crippen molar-refractivity contribution in [2.24, 2.45) is 45.3 Å². The normalized spacial score (nSPS) is 54.0. The minimum atomic E-state index is -0.762. The molecule has 33 heavy (non-hydrogen) atoms. The van der Waals surface area contributed by atoms with Gasteiger partial charge in [0, 0.05) is 11.8 Å². The minimum Gasteiger partial charge on any atom is -0.388 e. The molecule has 5 fully saturated rings. The van der Waals surface area contributed by atoms with Crippen LogP contribution in [0.4, 0.5) is 0 Å². The SMILES string of the molecule is CC(C)(O)[C@@H]1CC[C@](C)([C@H]2CC[C@]3(C)[C@@H]2CC[C@H]2[C@@]4(C)CCC(=O)C(C)(C)[C@@H]4CC[C@]23C)O1. The summed E-state index contributed by atoms with van der Waals surface area (Å²) in [4.78, 5) is 12.9. The Balaban J connectivity index is 1.45. The fourth-order valence-electron chi connectivity index (χ4n) is 10.9. The largest absolute Gasteiger partial charge is 0.388 e. The monoisotopic (exact) mass is 458 g/mol. The van der Waals surface area contributed by atoms with Crippen LogP contribution in [-0.4, -0.2) is 28.2 Å². The molecule has 1 N–H and O–H groups in total. The van der Waals surface area contributed by atoms with E-state index in [2.05, 4.69) is 41.5 Å². The molecule has 5 rings (SSSR count). The molecule has 0 aromatic heterocycles. The molecule has 9 atom stereocenters. The van der Waals surface area contributed by atoms with Gasteiger partial charge in [-0.2, -0.15) is 0 Å². The van der Waals surface area contributed by atoms with E-state index in [1.165, 1.54) is 38.5 Å². The van der Waals surface area contributed by atoms with Gasteiger partial charge in [0.05, 0.1) is 17.3 Å². The molecule has 0 radical (unpaired) electrons. The number of hydrogen-bond donors (Lipinski definition) is 1. The average Bonchev–Trinajstić information content (AvgIpc) is 3.27. The van der Waals surface area contributed by atoms with Gasteiger partial charge in [0.25, 0.3) is 0 Å². The summed E-state index contributed by atoms with van der Waals surface area (Å²) < 4.78 is 6.72. The van der Waals surface area contributed by atoms with Crippen LogP contribution in [-0.2, 0) is 9.53 Å². The molecule has 3 heteroatoms. The zero-order valence-corrected chi connectivity index (χ0v) is 22.7. The van der Waals surface area contributed by atoms with E-state index < -0.39 is 5.60 Å². The number of rotatable bonds is 2. The standard InChI is InChI=1S/C30H50O3/c1-25(2)21-12-17-29(7)22(27(21,5)15-13-23(25)31)10-9-19-20(11-16-28(19,29)6)30(8)18-14-24(33-30)26(3,4)32/h19-22,24,32H,9-18H2,1-8H3/t19-,20+,21+,22+,24+,27+,28-,29-,30-/m1/s1. The van der Waals surface area contributed by atoms with E-state index in [0.717, 1.165) is 31.6 Å². The summed E-state index contributed by atoms with van der Waals surface area (Å²) in [5.74, 6) is 3.06. The van der Waals surface area contributed by atoms with Gasteiger partial charge in [-0.05, 0) is 118 Å². The zero-order chi connectivity index (χ0) is 24.2. The highest BCUT2D eigenvalue weighted by Gasteiger charge is 2.70. The molecule has 0 bridgehead atoms. The maximum Gasteiger partial charge on any atom is 0.138 e. The number of fused-ring (bicyclic) bond motifs is 5. The lowest BCUT2D eigenvalue weighted by Crippen LogP contribution is -2.63. The Morgan fingerprint density at radius 3 is 2.09 bits per heavy atom.